The first-order valence-corrected chi connectivity index (χ1v) is 12.9. The number of halogens is 2. The monoisotopic (exact) mass is 514 g/mol. The molecule has 4 rings (SSSR count). The highest BCUT2D eigenvalue weighted by Crippen LogP contribution is 2.33. The average molecular weight is 515 g/mol. The van der Waals surface area contributed by atoms with Gasteiger partial charge in [-0.25, -0.2) is 4.98 Å². The second-order valence-electron chi connectivity index (χ2n) is 9.22. The molecule has 2 unspecified atom stereocenters. The van der Waals surface area contributed by atoms with Gasteiger partial charge >= 0.3 is 0 Å². The number of anilines is 1. The third-order valence-corrected chi connectivity index (χ3v) is 7.36. The molecule has 0 spiro atoms. The molecule has 35 heavy (non-hydrogen) atoms. The Kier molecular flexibility index (Phi) is 8.71. The van der Waals surface area contributed by atoms with Gasteiger partial charge in [0.25, 0.3) is 5.91 Å². The van der Waals surface area contributed by atoms with E-state index < -0.39 is 0 Å². The fourth-order valence-electron chi connectivity index (χ4n) is 4.53. The molecule has 1 aliphatic heterocycles. The van der Waals surface area contributed by atoms with E-state index >= 15 is 0 Å². The van der Waals surface area contributed by atoms with Crippen LogP contribution in [-0.4, -0.2) is 54.6 Å². The number of amides is 1. The van der Waals surface area contributed by atoms with Gasteiger partial charge in [0.1, 0.15) is 0 Å². The number of benzene rings is 2. The van der Waals surface area contributed by atoms with E-state index in [9.17, 15) is 4.79 Å². The number of hydrogen-bond acceptors (Lipinski definition) is 5. The maximum absolute atomic E-state index is 12.9. The number of nitrogens with zero attached hydrogens (tertiary/aromatic N) is 3. The molecule has 1 saturated heterocycles. The summed E-state index contributed by atoms with van der Waals surface area (Å²) in [6, 6.07) is 16.0. The van der Waals surface area contributed by atoms with Crippen molar-refractivity contribution in [2.45, 2.75) is 38.6 Å². The summed E-state index contributed by atoms with van der Waals surface area (Å²) in [4.78, 5) is 22.0. The van der Waals surface area contributed by atoms with Crippen molar-refractivity contribution in [3.63, 3.8) is 0 Å². The Morgan fingerprint density at radius 3 is 2.54 bits per heavy atom. The Morgan fingerprint density at radius 2 is 1.80 bits per heavy atom. The summed E-state index contributed by atoms with van der Waals surface area (Å²) in [5.74, 6) is 0.189. The van der Waals surface area contributed by atoms with Gasteiger partial charge in [0.15, 0.2) is 6.39 Å². The molecule has 1 N–H and O–H groups in total. The van der Waals surface area contributed by atoms with Gasteiger partial charge in [-0.15, -0.1) is 0 Å². The van der Waals surface area contributed by atoms with Gasteiger partial charge in [-0.1, -0.05) is 66.5 Å². The van der Waals surface area contributed by atoms with Crippen LogP contribution in [0.25, 0.3) is 0 Å². The Hall–Kier alpha value is -2.54. The summed E-state index contributed by atoms with van der Waals surface area (Å²) >= 11 is 12.6. The predicted molar refractivity (Wildman–Crippen MR) is 142 cm³/mol. The Morgan fingerprint density at radius 1 is 1.06 bits per heavy atom. The molecule has 0 aliphatic carbocycles. The molecule has 186 valence electrons. The zero-order valence-electron chi connectivity index (χ0n) is 20.2. The summed E-state index contributed by atoms with van der Waals surface area (Å²) in [7, 11) is 0. The number of rotatable bonds is 9. The van der Waals surface area contributed by atoms with Crippen LogP contribution in [0.1, 0.15) is 48.0 Å². The average Bonchev–Trinajstić information content (AvgIpc) is 3.36. The standard InChI is InChI=1S/C27H32Cl2N4O2/c1-19(17-21-7-4-3-5-8-21)25-26(35-18-30-25)27(34)31-20(2)11-12-32-13-15-33(16-14-32)23-10-6-9-22(28)24(23)29/h3-10,18-20H,11-17H2,1-2H3,(H,31,34). The normalized spacial score (nSPS) is 16.2. The van der Waals surface area contributed by atoms with Crippen molar-refractivity contribution >= 4 is 34.8 Å². The molecular formula is C27H32Cl2N4O2. The van der Waals surface area contributed by atoms with E-state index in [1.54, 1.807) is 0 Å². The maximum atomic E-state index is 12.9. The molecule has 3 aromatic rings. The number of oxazole rings is 1. The molecule has 2 atom stereocenters. The van der Waals surface area contributed by atoms with Crippen molar-refractivity contribution in [1.82, 2.24) is 15.2 Å². The summed E-state index contributed by atoms with van der Waals surface area (Å²) in [5.41, 5.74) is 2.90. The van der Waals surface area contributed by atoms with Crippen LogP contribution in [0.15, 0.2) is 59.3 Å². The van der Waals surface area contributed by atoms with Crippen molar-refractivity contribution in [3.8, 4) is 0 Å². The van der Waals surface area contributed by atoms with Crippen LogP contribution in [0.3, 0.4) is 0 Å². The Labute approximate surface area is 217 Å². The number of carbonyl (C=O) groups excluding carboxylic acids is 1. The highest BCUT2D eigenvalue weighted by Gasteiger charge is 2.24. The smallest absolute Gasteiger partial charge is 0.289 e. The van der Waals surface area contributed by atoms with Crippen LogP contribution >= 0.6 is 23.2 Å². The van der Waals surface area contributed by atoms with E-state index in [1.165, 1.54) is 12.0 Å². The Bertz CT molecular complexity index is 1110. The first kappa shape index (κ1) is 25.5. The summed E-state index contributed by atoms with van der Waals surface area (Å²) in [6.45, 7) is 8.67. The van der Waals surface area contributed by atoms with E-state index in [1.807, 2.05) is 43.3 Å². The minimum atomic E-state index is -0.203. The van der Waals surface area contributed by atoms with Crippen LogP contribution in [-0.2, 0) is 6.42 Å². The molecule has 1 aliphatic rings. The minimum Gasteiger partial charge on any atom is -0.438 e. The van der Waals surface area contributed by atoms with Gasteiger partial charge in [-0.2, -0.15) is 0 Å². The minimum absolute atomic E-state index is 0.0188. The lowest BCUT2D eigenvalue weighted by Crippen LogP contribution is -2.47. The van der Waals surface area contributed by atoms with Crippen molar-refractivity contribution in [2.75, 3.05) is 37.6 Å². The fraction of sp³-hybridized carbons (Fsp3) is 0.407. The van der Waals surface area contributed by atoms with Crippen LogP contribution < -0.4 is 10.2 Å². The zero-order valence-corrected chi connectivity index (χ0v) is 21.7. The maximum Gasteiger partial charge on any atom is 0.289 e. The van der Waals surface area contributed by atoms with Gasteiger partial charge in [0.05, 0.1) is 21.4 Å². The van der Waals surface area contributed by atoms with Gasteiger partial charge in [-0.3, -0.25) is 9.69 Å². The topological polar surface area (TPSA) is 61.6 Å². The van der Waals surface area contributed by atoms with Crippen molar-refractivity contribution in [2.24, 2.45) is 0 Å². The number of aromatic nitrogens is 1. The molecule has 1 fully saturated rings. The number of hydrogen-bond donors (Lipinski definition) is 1. The molecule has 0 radical (unpaired) electrons. The molecular weight excluding hydrogens is 483 g/mol. The molecule has 2 heterocycles. The summed E-state index contributed by atoms with van der Waals surface area (Å²) in [6.07, 6.45) is 3.02. The molecule has 8 heteroatoms. The van der Waals surface area contributed by atoms with Gasteiger partial charge in [0, 0.05) is 44.7 Å². The lowest BCUT2D eigenvalue weighted by molar-refractivity contribution is 0.0905. The van der Waals surface area contributed by atoms with Gasteiger partial charge in [-0.05, 0) is 37.5 Å². The van der Waals surface area contributed by atoms with E-state index in [0.29, 0.717) is 21.5 Å². The second-order valence-corrected chi connectivity index (χ2v) is 10.0. The zero-order chi connectivity index (χ0) is 24.8. The molecule has 6 nitrogen and oxygen atoms in total. The predicted octanol–water partition coefficient (Wildman–Crippen LogP) is 5.66. The highest BCUT2D eigenvalue weighted by molar-refractivity contribution is 6.43. The quantitative estimate of drug-likeness (QED) is 0.399. The third kappa shape index (κ3) is 6.57. The first-order chi connectivity index (χ1) is 16.9. The number of carbonyl (C=O) groups is 1. The lowest BCUT2D eigenvalue weighted by Gasteiger charge is -2.37. The van der Waals surface area contributed by atoms with E-state index in [4.69, 9.17) is 27.6 Å². The highest BCUT2D eigenvalue weighted by atomic mass is 35.5. The fourth-order valence-corrected chi connectivity index (χ4v) is 4.94. The molecule has 2 aromatic carbocycles. The summed E-state index contributed by atoms with van der Waals surface area (Å²) < 4.78 is 5.49. The molecule has 1 aromatic heterocycles. The molecule has 0 saturated carbocycles. The first-order valence-electron chi connectivity index (χ1n) is 12.1. The van der Waals surface area contributed by atoms with E-state index in [0.717, 1.165) is 51.3 Å². The summed E-state index contributed by atoms with van der Waals surface area (Å²) in [5, 5.41) is 4.29. The third-order valence-electron chi connectivity index (χ3n) is 6.55. The van der Waals surface area contributed by atoms with Crippen LogP contribution in [0.5, 0.6) is 0 Å². The lowest BCUT2D eigenvalue weighted by atomic mass is 9.97. The number of nitrogens with one attached hydrogen (secondary N) is 1. The SMILES string of the molecule is CC(CCN1CCN(c2cccc(Cl)c2Cl)CC1)NC(=O)c1ocnc1C(C)Cc1ccccc1. The largest absolute Gasteiger partial charge is 0.438 e. The van der Waals surface area contributed by atoms with E-state index in [2.05, 4.69) is 39.2 Å². The van der Waals surface area contributed by atoms with E-state index in [-0.39, 0.29) is 17.9 Å². The number of piperazine rings is 1. The van der Waals surface area contributed by atoms with Crippen molar-refractivity contribution in [3.05, 3.63) is 82.0 Å². The Balaban J connectivity index is 1.24. The van der Waals surface area contributed by atoms with Crippen LogP contribution in [0.4, 0.5) is 5.69 Å². The molecule has 1 amide bonds. The molecule has 0 bridgehead atoms. The second kappa shape index (κ2) is 11.9. The van der Waals surface area contributed by atoms with Crippen molar-refractivity contribution in [1.29, 1.82) is 0 Å². The van der Waals surface area contributed by atoms with Gasteiger partial charge in [0.2, 0.25) is 5.76 Å². The van der Waals surface area contributed by atoms with Crippen LogP contribution in [0.2, 0.25) is 10.0 Å². The van der Waals surface area contributed by atoms with Crippen molar-refractivity contribution < 1.29 is 9.21 Å². The van der Waals surface area contributed by atoms with Crippen LogP contribution in [0, 0.1) is 0 Å². The van der Waals surface area contributed by atoms with Gasteiger partial charge < -0.3 is 14.6 Å².